The van der Waals surface area contributed by atoms with Crippen LogP contribution in [0.15, 0.2) is 24.7 Å². The van der Waals surface area contributed by atoms with E-state index in [1.807, 2.05) is 19.1 Å². The van der Waals surface area contributed by atoms with Crippen LogP contribution < -0.4 is 10.5 Å². The lowest BCUT2D eigenvalue weighted by Gasteiger charge is -2.08. The number of aryl methyl sites for hydroxylation is 1. The Morgan fingerprint density at radius 2 is 2.24 bits per heavy atom. The molecule has 0 bridgehead atoms. The summed E-state index contributed by atoms with van der Waals surface area (Å²) in [4.78, 5) is 8.20. The molecule has 0 aliphatic heterocycles. The molecule has 0 unspecified atom stereocenters. The number of ether oxygens (including phenoxy) is 1. The van der Waals surface area contributed by atoms with Gasteiger partial charge in [-0.2, -0.15) is 4.98 Å². The van der Waals surface area contributed by atoms with Gasteiger partial charge < -0.3 is 10.5 Å². The molecule has 6 nitrogen and oxygen atoms in total. The van der Waals surface area contributed by atoms with E-state index >= 15 is 0 Å². The molecule has 17 heavy (non-hydrogen) atoms. The fourth-order valence-electron chi connectivity index (χ4n) is 1.35. The highest BCUT2D eigenvalue weighted by Crippen LogP contribution is 2.18. The summed E-state index contributed by atoms with van der Waals surface area (Å²) in [5.41, 5.74) is 6.72. The molecular weight excluding hydrogens is 218 g/mol. The van der Waals surface area contributed by atoms with Gasteiger partial charge >= 0.3 is 6.01 Å². The molecule has 2 N–H and O–H groups in total. The maximum atomic E-state index is 5.87. The summed E-state index contributed by atoms with van der Waals surface area (Å²) in [5.74, 6) is 0.600. The van der Waals surface area contributed by atoms with Crippen molar-refractivity contribution in [2.24, 2.45) is 12.8 Å². The Morgan fingerprint density at radius 3 is 2.76 bits per heavy atom. The predicted octanol–water partition coefficient (Wildman–Crippen LogP) is 1.41. The van der Waals surface area contributed by atoms with Gasteiger partial charge in [0.05, 0.1) is 11.9 Å². The quantitative estimate of drug-likeness (QED) is 0.863. The van der Waals surface area contributed by atoms with Gasteiger partial charge in [-0.1, -0.05) is 6.92 Å². The second kappa shape index (κ2) is 4.92. The molecule has 6 heteroatoms. The topological polar surface area (TPSA) is 78.9 Å². The van der Waals surface area contributed by atoms with Crippen molar-refractivity contribution in [3.8, 4) is 11.8 Å². The fraction of sp³-hybridized carbons (Fsp3) is 0.364. The molecule has 0 fully saturated rings. The first-order valence-electron chi connectivity index (χ1n) is 5.44. The molecule has 0 saturated carbocycles. The van der Waals surface area contributed by atoms with E-state index in [2.05, 4.69) is 15.1 Å². The highest BCUT2D eigenvalue weighted by Gasteiger charge is 2.06. The van der Waals surface area contributed by atoms with E-state index in [0.717, 1.165) is 12.1 Å². The fourth-order valence-corrected chi connectivity index (χ4v) is 1.35. The monoisotopic (exact) mass is 233 g/mol. The molecule has 0 saturated heterocycles. The van der Waals surface area contributed by atoms with Crippen LogP contribution in [-0.2, 0) is 7.05 Å². The zero-order chi connectivity index (χ0) is 12.3. The van der Waals surface area contributed by atoms with Crippen LogP contribution in [-0.4, -0.2) is 19.7 Å². The molecule has 2 aromatic heterocycles. The van der Waals surface area contributed by atoms with Crippen molar-refractivity contribution in [3.05, 3.63) is 30.4 Å². The van der Waals surface area contributed by atoms with E-state index in [-0.39, 0.29) is 6.04 Å². The van der Waals surface area contributed by atoms with Gasteiger partial charge in [0.15, 0.2) is 0 Å². The van der Waals surface area contributed by atoms with Crippen molar-refractivity contribution < 1.29 is 4.74 Å². The molecule has 0 amide bonds. The third-order valence-corrected chi connectivity index (χ3v) is 2.37. The van der Waals surface area contributed by atoms with Gasteiger partial charge in [-0.15, -0.1) is 5.10 Å². The van der Waals surface area contributed by atoms with Crippen molar-refractivity contribution in [2.45, 2.75) is 19.4 Å². The zero-order valence-corrected chi connectivity index (χ0v) is 9.87. The van der Waals surface area contributed by atoms with Gasteiger partial charge in [0, 0.05) is 13.1 Å². The van der Waals surface area contributed by atoms with Gasteiger partial charge in [0.25, 0.3) is 0 Å². The number of hydrogen-bond donors (Lipinski definition) is 1. The van der Waals surface area contributed by atoms with Gasteiger partial charge in [-0.3, -0.25) is 9.67 Å². The van der Waals surface area contributed by atoms with Crippen LogP contribution in [0.1, 0.15) is 25.1 Å². The normalized spacial score (nSPS) is 12.4. The number of nitrogens with two attached hydrogens (primary N) is 1. The molecule has 0 aromatic carbocycles. The van der Waals surface area contributed by atoms with Crippen molar-refractivity contribution in [2.75, 3.05) is 0 Å². The first-order chi connectivity index (χ1) is 8.19. The number of hydrogen-bond acceptors (Lipinski definition) is 5. The first-order valence-corrected chi connectivity index (χ1v) is 5.44. The number of pyridine rings is 1. The Balaban J connectivity index is 2.08. The Morgan fingerprint density at radius 1 is 1.41 bits per heavy atom. The lowest BCUT2D eigenvalue weighted by Crippen LogP contribution is -2.10. The Hall–Kier alpha value is -1.95. The number of aromatic nitrogens is 4. The van der Waals surface area contributed by atoms with Crippen LogP contribution in [0, 0.1) is 0 Å². The SMILES string of the molecule is CC[C@H](N)c1ccc(Oc2ncn(C)n2)cn1. The van der Waals surface area contributed by atoms with Crippen LogP contribution in [0.4, 0.5) is 0 Å². The molecule has 2 heterocycles. The largest absolute Gasteiger partial charge is 0.422 e. The second-order valence-electron chi connectivity index (χ2n) is 3.74. The minimum atomic E-state index is -0.0305. The minimum Gasteiger partial charge on any atom is -0.422 e. The number of rotatable bonds is 4. The Labute approximate surface area is 99.4 Å². The van der Waals surface area contributed by atoms with E-state index in [0.29, 0.717) is 11.8 Å². The highest BCUT2D eigenvalue weighted by atomic mass is 16.5. The standard InChI is InChI=1S/C11H15N5O/c1-3-9(12)10-5-4-8(6-13-10)17-11-14-7-16(2)15-11/h4-7,9H,3,12H2,1-2H3/t9-/m0/s1. The molecule has 2 rings (SSSR count). The van der Waals surface area contributed by atoms with Gasteiger partial charge in [-0.25, -0.2) is 0 Å². The second-order valence-corrected chi connectivity index (χ2v) is 3.74. The maximum absolute atomic E-state index is 5.87. The van der Waals surface area contributed by atoms with E-state index in [1.165, 1.54) is 0 Å². The van der Waals surface area contributed by atoms with Crippen LogP contribution in [0.5, 0.6) is 11.8 Å². The lowest BCUT2D eigenvalue weighted by molar-refractivity contribution is 0.436. The molecule has 2 aromatic rings. The third-order valence-electron chi connectivity index (χ3n) is 2.37. The number of nitrogens with zero attached hydrogens (tertiary/aromatic N) is 4. The third kappa shape index (κ3) is 2.79. The molecule has 0 aliphatic carbocycles. The van der Waals surface area contributed by atoms with Crippen LogP contribution >= 0.6 is 0 Å². The lowest BCUT2D eigenvalue weighted by atomic mass is 10.1. The summed E-state index contributed by atoms with van der Waals surface area (Å²) in [5, 5.41) is 4.01. The van der Waals surface area contributed by atoms with E-state index in [4.69, 9.17) is 10.5 Å². The molecule has 90 valence electrons. The average molecular weight is 233 g/mol. The minimum absolute atomic E-state index is 0.0305. The van der Waals surface area contributed by atoms with Gasteiger partial charge in [0.2, 0.25) is 0 Å². The summed E-state index contributed by atoms with van der Waals surface area (Å²) in [7, 11) is 1.78. The molecule has 1 atom stereocenters. The van der Waals surface area contributed by atoms with E-state index in [1.54, 1.807) is 24.3 Å². The molecule has 0 spiro atoms. The smallest absolute Gasteiger partial charge is 0.341 e. The predicted molar refractivity (Wildman–Crippen MR) is 62.5 cm³/mol. The van der Waals surface area contributed by atoms with Crippen molar-refractivity contribution >= 4 is 0 Å². The van der Waals surface area contributed by atoms with Crippen molar-refractivity contribution in [1.29, 1.82) is 0 Å². The van der Waals surface area contributed by atoms with Gasteiger partial charge in [-0.05, 0) is 18.6 Å². The maximum Gasteiger partial charge on any atom is 0.341 e. The summed E-state index contributed by atoms with van der Waals surface area (Å²) < 4.78 is 6.99. The summed E-state index contributed by atoms with van der Waals surface area (Å²) >= 11 is 0. The molecule has 0 radical (unpaired) electrons. The Bertz CT molecular complexity index is 479. The van der Waals surface area contributed by atoms with Crippen molar-refractivity contribution in [3.63, 3.8) is 0 Å². The van der Waals surface area contributed by atoms with E-state index in [9.17, 15) is 0 Å². The zero-order valence-electron chi connectivity index (χ0n) is 9.87. The highest BCUT2D eigenvalue weighted by molar-refractivity contribution is 5.23. The molecular formula is C11H15N5O. The van der Waals surface area contributed by atoms with Crippen LogP contribution in [0.25, 0.3) is 0 Å². The Kier molecular flexibility index (Phi) is 3.34. The molecule has 0 aliphatic rings. The first kappa shape index (κ1) is 11.5. The van der Waals surface area contributed by atoms with Crippen molar-refractivity contribution in [1.82, 2.24) is 19.7 Å². The van der Waals surface area contributed by atoms with E-state index < -0.39 is 0 Å². The summed E-state index contributed by atoms with van der Waals surface area (Å²) in [6.45, 7) is 2.02. The summed E-state index contributed by atoms with van der Waals surface area (Å²) in [6.07, 6.45) is 4.06. The van der Waals surface area contributed by atoms with Crippen LogP contribution in [0.3, 0.4) is 0 Å². The van der Waals surface area contributed by atoms with Gasteiger partial charge in [0.1, 0.15) is 12.1 Å². The average Bonchev–Trinajstić information content (AvgIpc) is 2.75. The van der Waals surface area contributed by atoms with Crippen LogP contribution in [0.2, 0.25) is 0 Å². The summed E-state index contributed by atoms with van der Waals surface area (Å²) in [6, 6.07) is 3.94.